The summed E-state index contributed by atoms with van der Waals surface area (Å²) in [6, 6.07) is 15.0. The van der Waals surface area contributed by atoms with Crippen LogP contribution in [0.25, 0.3) is 0 Å². The van der Waals surface area contributed by atoms with E-state index >= 15 is 0 Å². The minimum Gasteiger partial charge on any atom is -0.355 e. The normalized spacial score (nSPS) is 15.6. The molecule has 2 aromatic rings. The lowest BCUT2D eigenvalue weighted by Crippen LogP contribution is -2.38. The third-order valence-corrected chi connectivity index (χ3v) is 5.45. The maximum atomic E-state index is 13.1. The summed E-state index contributed by atoms with van der Waals surface area (Å²) in [6.45, 7) is 0. The molecule has 0 unspecified atom stereocenters. The van der Waals surface area contributed by atoms with Crippen LogP contribution >= 0.6 is 15.9 Å². The Balaban J connectivity index is 1.82. The highest BCUT2D eigenvalue weighted by molar-refractivity contribution is 9.10. The van der Waals surface area contributed by atoms with Gasteiger partial charge in [-0.3, -0.25) is 9.59 Å². The predicted octanol–water partition coefficient (Wildman–Crippen LogP) is 4.26. The molecule has 2 N–H and O–H groups in total. The van der Waals surface area contributed by atoms with E-state index in [1.165, 1.54) is 0 Å². The van der Waals surface area contributed by atoms with Crippen LogP contribution in [0, 0.1) is 0 Å². The molecule has 0 spiro atoms. The van der Waals surface area contributed by atoms with Gasteiger partial charge in [-0.1, -0.05) is 40.9 Å². The van der Waals surface area contributed by atoms with Gasteiger partial charge in [0.1, 0.15) is 0 Å². The van der Waals surface area contributed by atoms with Gasteiger partial charge in [0.2, 0.25) is 5.91 Å². The van der Waals surface area contributed by atoms with Crippen LogP contribution < -0.4 is 10.6 Å². The van der Waals surface area contributed by atoms with Crippen LogP contribution in [0.15, 0.2) is 53.0 Å². The number of hydrogen-bond donors (Lipinski definition) is 2. The first kappa shape index (κ1) is 17.7. The van der Waals surface area contributed by atoms with Gasteiger partial charge in [-0.2, -0.15) is 0 Å². The molecule has 130 valence electrons. The maximum absolute atomic E-state index is 13.1. The van der Waals surface area contributed by atoms with Gasteiger partial charge >= 0.3 is 0 Å². The molecule has 2 amide bonds. The van der Waals surface area contributed by atoms with Gasteiger partial charge in [-0.05, 0) is 54.8 Å². The maximum Gasteiger partial charge on any atom is 0.251 e. The van der Waals surface area contributed by atoms with Crippen molar-refractivity contribution < 1.29 is 9.59 Å². The summed E-state index contributed by atoms with van der Waals surface area (Å²) in [5.74, 6) is -0.111. The number of rotatable bonds is 4. The Morgan fingerprint density at radius 2 is 1.56 bits per heavy atom. The molecule has 0 radical (unpaired) electrons. The van der Waals surface area contributed by atoms with Crippen LogP contribution in [0.4, 0.5) is 5.69 Å². The number of nitrogens with one attached hydrogen (secondary N) is 2. The Morgan fingerprint density at radius 1 is 0.960 bits per heavy atom. The lowest BCUT2D eigenvalue weighted by Gasteiger charge is -2.28. The van der Waals surface area contributed by atoms with Crippen molar-refractivity contribution in [2.75, 3.05) is 12.4 Å². The SMILES string of the molecule is CNC(=O)c1ccc(NC(=O)C2(c3ccc(Br)cc3)CCCC2)cc1. The molecule has 0 saturated heterocycles. The molecule has 0 bridgehead atoms. The molecule has 0 heterocycles. The second-order valence-corrected chi connectivity index (χ2v) is 7.32. The molecule has 3 rings (SSSR count). The molecular formula is C20H21BrN2O2. The van der Waals surface area contributed by atoms with E-state index in [4.69, 9.17) is 0 Å². The summed E-state index contributed by atoms with van der Waals surface area (Å²) in [5.41, 5.74) is 1.87. The molecule has 1 saturated carbocycles. The number of halogens is 1. The van der Waals surface area contributed by atoms with Gasteiger partial charge in [0.25, 0.3) is 5.91 Å². The molecule has 1 aliphatic rings. The third-order valence-electron chi connectivity index (χ3n) is 4.92. The van der Waals surface area contributed by atoms with E-state index in [2.05, 4.69) is 26.6 Å². The van der Waals surface area contributed by atoms with Crippen molar-refractivity contribution in [3.8, 4) is 0 Å². The fraction of sp³-hybridized carbons (Fsp3) is 0.300. The third kappa shape index (κ3) is 3.61. The lowest BCUT2D eigenvalue weighted by atomic mass is 9.78. The van der Waals surface area contributed by atoms with Crippen molar-refractivity contribution in [1.29, 1.82) is 0 Å². The van der Waals surface area contributed by atoms with Crippen LogP contribution in [0.2, 0.25) is 0 Å². The topological polar surface area (TPSA) is 58.2 Å². The minimum atomic E-state index is -0.472. The molecule has 4 nitrogen and oxygen atoms in total. The van der Waals surface area contributed by atoms with E-state index in [1.54, 1.807) is 31.3 Å². The van der Waals surface area contributed by atoms with Crippen molar-refractivity contribution in [2.24, 2.45) is 0 Å². The van der Waals surface area contributed by atoms with Crippen molar-refractivity contribution in [2.45, 2.75) is 31.1 Å². The first-order valence-corrected chi connectivity index (χ1v) is 9.24. The zero-order valence-electron chi connectivity index (χ0n) is 14.1. The van der Waals surface area contributed by atoms with Crippen LogP contribution in [0.5, 0.6) is 0 Å². The Kier molecular flexibility index (Phi) is 5.23. The molecule has 2 aromatic carbocycles. The fourth-order valence-corrected chi connectivity index (χ4v) is 3.76. The van der Waals surface area contributed by atoms with Crippen molar-refractivity contribution in [3.05, 3.63) is 64.1 Å². The van der Waals surface area contributed by atoms with E-state index in [-0.39, 0.29) is 11.8 Å². The quantitative estimate of drug-likeness (QED) is 0.805. The molecule has 0 atom stereocenters. The van der Waals surface area contributed by atoms with Crippen LogP contribution in [0.3, 0.4) is 0 Å². The van der Waals surface area contributed by atoms with E-state index in [0.29, 0.717) is 11.3 Å². The average Bonchev–Trinajstić information content (AvgIpc) is 3.13. The van der Waals surface area contributed by atoms with E-state index in [1.807, 2.05) is 24.3 Å². The van der Waals surface area contributed by atoms with Gasteiger partial charge in [-0.25, -0.2) is 0 Å². The number of carbonyl (C=O) groups is 2. The van der Waals surface area contributed by atoms with Crippen LogP contribution in [-0.4, -0.2) is 18.9 Å². The highest BCUT2D eigenvalue weighted by Crippen LogP contribution is 2.42. The minimum absolute atomic E-state index is 0.0278. The first-order valence-electron chi connectivity index (χ1n) is 8.45. The van der Waals surface area contributed by atoms with Crippen LogP contribution in [-0.2, 0) is 10.2 Å². The molecule has 5 heteroatoms. The summed E-state index contributed by atoms with van der Waals surface area (Å²) in [4.78, 5) is 24.7. The second-order valence-electron chi connectivity index (χ2n) is 6.41. The Hall–Kier alpha value is -2.14. The summed E-state index contributed by atoms with van der Waals surface area (Å²) in [7, 11) is 1.60. The highest BCUT2D eigenvalue weighted by atomic mass is 79.9. The Labute approximate surface area is 156 Å². The first-order chi connectivity index (χ1) is 12.0. The van der Waals surface area contributed by atoms with Gasteiger partial charge in [0.15, 0.2) is 0 Å². The van der Waals surface area contributed by atoms with Gasteiger partial charge < -0.3 is 10.6 Å². The molecular weight excluding hydrogens is 380 g/mol. The number of amides is 2. The average molecular weight is 401 g/mol. The van der Waals surface area contributed by atoms with Crippen molar-refractivity contribution >= 4 is 33.4 Å². The van der Waals surface area contributed by atoms with Gasteiger partial charge in [-0.15, -0.1) is 0 Å². The van der Waals surface area contributed by atoms with E-state index in [0.717, 1.165) is 35.7 Å². The number of anilines is 1. The lowest BCUT2D eigenvalue weighted by molar-refractivity contribution is -0.121. The van der Waals surface area contributed by atoms with Crippen LogP contribution in [0.1, 0.15) is 41.6 Å². The Morgan fingerprint density at radius 3 is 2.12 bits per heavy atom. The summed E-state index contributed by atoms with van der Waals surface area (Å²) in [5, 5.41) is 5.63. The van der Waals surface area contributed by atoms with E-state index < -0.39 is 5.41 Å². The standard InChI is InChI=1S/C20H21BrN2O2/c1-22-18(24)14-4-10-17(11-5-14)23-19(25)20(12-2-3-13-20)15-6-8-16(21)9-7-15/h4-11H,2-3,12-13H2,1H3,(H,22,24)(H,23,25). The molecule has 1 fully saturated rings. The highest BCUT2D eigenvalue weighted by Gasteiger charge is 2.42. The fourth-order valence-electron chi connectivity index (χ4n) is 3.49. The van der Waals surface area contributed by atoms with Gasteiger partial charge in [0, 0.05) is 22.8 Å². The summed E-state index contributed by atoms with van der Waals surface area (Å²) >= 11 is 3.45. The van der Waals surface area contributed by atoms with Crippen molar-refractivity contribution in [1.82, 2.24) is 5.32 Å². The molecule has 0 aromatic heterocycles. The largest absolute Gasteiger partial charge is 0.355 e. The molecule has 25 heavy (non-hydrogen) atoms. The monoisotopic (exact) mass is 400 g/mol. The predicted molar refractivity (Wildman–Crippen MR) is 103 cm³/mol. The molecule has 0 aliphatic heterocycles. The number of benzene rings is 2. The van der Waals surface area contributed by atoms with E-state index in [9.17, 15) is 9.59 Å². The zero-order valence-corrected chi connectivity index (χ0v) is 15.7. The molecule has 1 aliphatic carbocycles. The Bertz CT molecular complexity index is 763. The van der Waals surface area contributed by atoms with Crippen molar-refractivity contribution in [3.63, 3.8) is 0 Å². The number of carbonyl (C=O) groups excluding carboxylic acids is 2. The summed E-state index contributed by atoms with van der Waals surface area (Å²) in [6.07, 6.45) is 3.83. The number of hydrogen-bond acceptors (Lipinski definition) is 2. The second kappa shape index (κ2) is 7.40. The smallest absolute Gasteiger partial charge is 0.251 e. The summed E-state index contributed by atoms with van der Waals surface area (Å²) < 4.78 is 1.01. The zero-order chi connectivity index (χ0) is 17.9. The van der Waals surface area contributed by atoms with Gasteiger partial charge in [0.05, 0.1) is 5.41 Å².